The van der Waals surface area contributed by atoms with E-state index >= 15 is 0 Å². The van der Waals surface area contributed by atoms with Crippen molar-refractivity contribution in [3.8, 4) is 11.3 Å². The Bertz CT molecular complexity index is 1040. The van der Waals surface area contributed by atoms with Gasteiger partial charge >= 0.3 is 0 Å². The third-order valence-electron chi connectivity index (χ3n) is 5.49. The van der Waals surface area contributed by atoms with Gasteiger partial charge < -0.3 is 20.0 Å². The number of carbonyl (C=O) groups is 2. The van der Waals surface area contributed by atoms with E-state index in [4.69, 9.17) is 4.42 Å². The average molecular weight is 403 g/mol. The summed E-state index contributed by atoms with van der Waals surface area (Å²) in [6, 6.07) is 18.9. The first-order valence-electron chi connectivity index (χ1n) is 10.1. The summed E-state index contributed by atoms with van der Waals surface area (Å²) in [7, 11) is 1.99. The molecule has 1 unspecified atom stereocenters. The zero-order valence-electron chi connectivity index (χ0n) is 17.1. The molecule has 154 valence electrons. The van der Waals surface area contributed by atoms with Gasteiger partial charge in [0.05, 0.1) is 0 Å². The van der Waals surface area contributed by atoms with E-state index in [1.54, 1.807) is 24.3 Å². The summed E-state index contributed by atoms with van der Waals surface area (Å²) < 4.78 is 5.72. The van der Waals surface area contributed by atoms with Crippen LogP contribution in [0.25, 0.3) is 11.3 Å². The molecule has 0 radical (unpaired) electrons. The van der Waals surface area contributed by atoms with E-state index < -0.39 is 0 Å². The second-order valence-corrected chi connectivity index (χ2v) is 7.52. The van der Waals surface area contributed by atoms with E-state index in [0.717, 1.165) is 36.4 Å². The lowest BCUT2D eigenvalue weighted by atomic mass is 10.1. The van der Waals surface area contributed by atoms with E-state index in [9.17, 15) is 9.59 Å². The quantitative estimate of drug-likeness (QED) is 0.604. The Morgan fingerprint density at radius 1 is 1.00 bits per heavy atom. The highest BCUT2D eigenvalue weighted by Crippen LogP contribution is 2.25. The highest BCUT2D eigenvalue weighted by Gasteiger charge is 2.21. The molecule has 1 aliphatic heterocycles. The fraction of sp³-hybridized carbons (Fsp3) is 0.250. The van der Waals surface area contributed by atoms with E-state index in [0.29, 0.717) is 17.4 Å². The number of Topliss-reactive ketones (excluding diaryl/α,β-unsaturated/α-hetero) is 1. The molecular formula is C24H25N3O3. The molecule has 2 heterocycles. The van der Waals surface area contributed by atoms with Crippen LogP contribution >= 0.6 is 0 Å². The molecule has 0 aliphatic carbocycles. The monoisotopic (exact) mass is 403 g/mol. The predicted molar refractivity (Wildman–Crippen MR) is 118 cm³/mol. The molecule has 1 atom stereocenters. The molecule has 1 saturated heterocycles. The smallest absolute Gasteiger partial charge is 0.291 e. The van der Waals surface area contributed by atoms with Crippen LogP contribution in [0, 0.1) is 0 Å². The molecule has 1 fully saturated rings. The summed E-state index contributed by atoms with van der Waals surface area (Å²) in [4.78, 5) is 26.3. The number of ketones is 1. The standard InChI is InChI=1S/C24H25N3O3/c1-16(28)17-3-5-18(6-4-17)22-11-12-23(30-22)24(29)26-19-7-9-21(10-8-19)27-14-13-20(15-27)25-2/h3-12,20,25H,13-15H2,1-2H3,(H,26,29). The van der Waals surface area contributed by atoms with Crippen LogP contribution < -0.4 is 15.5 Å². The van der Waals surface area contributed by atoms with E-state index in [1.165, 1.54) is 6.92 Å². The van der Waals surface area contributed by atoms with Crippen molar-refractivity contribution in [2.24, 2.45) is 0 Å². The molecule has 1 aliphatic rings. The molecule has 0 saturated carbocycles. The summed E-state index contributed by atoms with van der Waals surface area (Å²) in [6.45, 7) is 3.55. The second kappa shape index (κ2) is 8.55. The van der Waals surface area contributed by atoms with Crippen molar-refractivity contribution in [3.63, 3.8) is 0 Å². The normalized spacial score (nSPS) is 15.9. The lowest BCUT2D eigenvalue weighted by Crippen LogP contribution is -2.29. The number of rotatable bonds is 6. The van der Waals surface area contributed by atoms with Gasteiger partial charge in [-0.1, -0.05) is 24.3 Å². The summed E-state index contributed by atoms with van der Waals surface area (Å²) >= 11 is 0. The molecule has 1 amide bonds. The van der Waals surface area contributed by atoms with Gasteiger partial charge in [-0.25, -0.2) is 0 Å². The number of likely N-dealkylation sites (N-methyl/N-ethyl adjacent to an activating group) is 1. The molecule has 2 aromatic carbocycles. The first-order chi connectivity index (χ1) is 14.5. The van der Waals surface area contributed by atoms with Gasteiger partial charge in [-0.3, -0.25) is 9.59 Å². The van der Waals surface area contributed by atoms with Crippen LogP contribution in [0.4, 0.5) is 11.4 Å². The number of carbonyl (C=O) groups excluding carboxylic acids is 2. The zero-order valence-corrected chi connectivity index (χ0v) is 17.1. The molecular weight excluding hydrogens is 378 g/mol. The van der Waals surface area contributed by atoms with Gasteiger partial charge in [0, 0.05) is 41.6 Å². The van der Waals surface area contributed by atoms with Gasteiger partial charge in [0.2, 0.25) is 0 Å². The van der Waals surface area contributed by atoms with Crippen LogP contribution in [-0.2, 0) is 0 Å². The van der Waals surface area contributed by atoms with Gasteiger partial charge in [-0.05, 0) is 56.8 Å². The Labute approximate surface area is 175 Å². The molecule has 4 rings (SSSR count). The van der Waals surface area contributed by atoms with Crippen molar-refractivity contribution in [1.82, 2.24) is 5.32 Å². The Morgan fingerprint density at radius 3 is 2.37 bits per heavy atom. The number of nitrogens with one attached hydrogen (secondary N) is 2. The first-order valence-corrected chi connectivity index (χ1v) is 10.1. The van der Waals surface area contributed by atoms with Crippen molar-refractivity contribution in [2.45, 2.75) is 19.4 Å². The molecule has 1 aromatic heterocycles. The number of hydrogen-bond donors (Lipinski definition) is 2. The maximum absolute atomic E-state index is 12.6. The molecule has 0 spiro atoms. The summed E-state index contributed by atoms with van der Waals surface area (Å²) in [6.07, 6.45) is 1.13. The highest BCUT2D eigenvalue weighted by molar-refractivity contribution is 6.02. The molecule has 6 nitrogen and oxygen atoms in total. The van der Waals surface area contributed by atoms with Gasteiger partial charge in [0.1, 0.15) is 5.76 Å². The fourth-order valence-electron chi connectivity index (χ4n) is 3.66. The summed E-state index contributed by atoms with van der Waals surface area (Å²) in [5.41, 5.74) is 3.33. The van der Waals surface area contributed by atoms with Crippen molar-refractivity contribution in [2.75, 3.05) is 30.4 Å². The van der Waals surface area contributed by atoms with Gasteiger partial charge in [0.15, 0.2) is 11.5 Å². The molecule has 2 N–H and O–H groups in total. The number of amides is 1. The molecule has 0 bridgehead atoms. The van der Waals surface area contributed by atoms with Crippen LogP contribution in [0.1, 0.15) is 34.3 Å². The lowest BCUT2D eigenvalue weighted by Gasteiger charge is -2.19. The maximum atomic E-state index is 12.6. The predicted octanol–water partition coefficient (Wildman–Crippen LogP) is 4.20. The minimum atomic E-state index is -0.300. The molecule has 3 aromatic rings. The Hall–Kier alpha value is -3.38. The third kappa shape index (κ3) is 4.28. The number of benzene rings is 2. The highest BCUT2D eigenvalue weighted by atomic mass is 16.3. The summed E-state index contributed by atoms with van der Waals surface area (Å²) in [5.74, 6) is 0.532. The van der Waals surface area contributed by atoms with Crippen LogP contribution in [-0.4, -0.2) is 37.9 Å². The van der Waals surface area contributed by atoms with Gasteiger partial charge in [0.25, 0.3) is 5.91 Å². The van der Waals surface area contributed by atoms with E-state index in [-0.39, 0.29) is 17.5 Å². The average Bonchev–Trinajstić information content (AvgIpc) is 3.44. The van der Waals surface area contributed by atoms with Crippen molar-refractivity contribution < 1.29 is 14.0 Å². The minimum absolute atomic E-state index is 0.0126. The number of furan rings is 1. The largest absolute Gasteiger partial charge is 0.451 e. The third-order valence-corrected chi connectivity index (χ3v) is 5.49. The Kier molecular flexibility index (Phi) is 5.68. The van der Waals surface area contributed by atoms with Crippen LogP contribution in [0.15, 0.2) is 65.1 Å². The zero-order chi connectivity index (χ0) is 21.1. The van der Waals surface area contributed by atoms with Crippen molar-refractivity contribution >= 4 is 23.1 Å². The Balaban J connectivity index is 1.40. The number of anilines is 2. The van der Waals surface area contributed by atoms with E-state index in [2.05, 4.69) is 15.5 Å². The van der Waals surface area contributed by atoms with Crippen molar-refractivity contribution in [1.29, 1.82) is 0 Å². The maximum Gasteiger partial charge on any atom is 0.291 e. The molecule has 6 heteroatoms. The summed E-state index contributed by atoms with van der Waals surface area (Å²) in [5, 5.41) is 6.19. The van der Waals surface area contributed by atoms with Crippen LogP contribution in [0.3, 0.4) is 0 Å². The SMILES string of the molecule is CNC1CCN(c2ccc(NC(=O)c3ccc(-c4ccc(C(C)=O)cc4)o3)cc2)C1. The van der Waals surface area contributed by atoms with Gasteiger partial charge in [-0.15, -0.1) is 0 Å². The molecule has 30 heavy (non-hydrogen) atoms. The topological polar surface area (TPSA) is 74.6 Å². The lowest BCUT2D eigenvalue weighted by molar-refractivity contribution is 0.0994. The Morgan fingerprint density at radius 2 is 1.73 bits per heavy atom. The van der Waals surface area contributed by atoms with E-state index in [1.807, 2.05) is 43.4 Å². The van der Waals surface area contributed by atoms with Crippen LogP contribution in [0.2, 0.25) is 0 Å². The second-order valence-electron chi connectivity index (χ2n) is 7.52. The number of nitrogens with zero attached hydrogens (tertiary/aromatic N) is 1. The number of hydrogen-bond acceptors (Lipinski definition) is 5. The van der Waals surface area contributed by atoms with Crippen LogP contribution in [0.5, 0.6) is 0 Å². The van der Waals surface area contributed by atoms with Gasteiger partial charge in [-0.2, -0.15) is 0 Å². The fourth-order valence-corrected chi connectivity index (χ4v) is 3.66. The minimum Gasteiger partial charge on any atom is -0.451 e. The van der Waals surface area contributed by atoms with Crippen molar-refractivity contribution in [3.05, 3.63) is 72.0 Å². The first kappa shape index (κ1) is 19.9.